The van der Waals surface area contributed by atoms with Crippen molar-refractivity contribution in [3.63, 3.8) is 0 Å². The molecule has 0 saturated heterocycles. The van der Waals surface area contributed by atoms with Crippen LogP contribution >= 0.6 is 0 Å². The van der Waals surface area contributed by atoms with Crippen LogP contribution in [0.25, 0.3) is 0 Å². The van der Waals surface area contributed by atoms with E-state index in [9.17, 15) is 4.79 Å². The SMILES string of the molecule is COOCc1cc(C)cc(C(=O)O)c1. The zero-order valence-corrected chi connectivity index (χ0v) is 8.11. The molecule has 76 valence electrons. The molecule has 0 unspecified atom stereocenters. The van der Waals surface area contributed by atoms with Crippen molar-refractivity contribution in [2.75, 3.05) is 7.11 Å². The van der Waals surface area contributed by atoms with Gasteiger partial charge in [0.2, 0.25) is 0 Å². The van der Waals surface area contributed by atoms with Gasteiger partial charge < -0.3 is 5.11 Å². The highest BCUT2D eigenvalue weighted by Crippen LogP contribution is 2.10. The summed E-state index contributed by atoms with van der Waals surface area (Å²) in [6, 6.07) is 5.03. The van der Waals surface area contributed by atoms with Crippen LogP contribution in [-0.4, -0.2) is 18.2 Å². The summed E-state index contributed by atoms with van der Waals surface area (Å²) in [5, 5.41) is 8.79. The second kappa shape index (κ2) is 4.74. The molecule has 0 atom stereocenters. The van der Waals surface area contributed by atoms with Crippen molar-refractivity contribution in [1.29, 1.82) is 0 Å². The molecular formula is C10H12O4. The molecule has 0 radical (unpaired) electrons. The molecule has 0 saturated carbocycles. The summed E-state index contributed by atoms with van der Waals surface area (Å²) in [5.74, 6) is -0.938. The fraction of sp³-hybridized carbons (Fsp3) is 0.300. The topological polar surface area (TPSA) is 55.8 Å². The van der Waals surface area contributed by atoms with Gasteiger partial charge in [-0.2, -0.15) is 0 Å². The van der Waals surface area contributed by atoms with E-state index in [4.69, 9.17) is 9.99 Å². The van der Waals surface area contributed by atoms with E-state index in [2.05, 4.69) is 4.89 Å². The van der Waals surface area contributed by atoms with Gasteiger partial charge >= 0.3 is 5.97 Å². The zero-order valence-electron chi connectivity index (χ0n) is 8.11. The Morgan fingerprint density at radius 2 is 2.14 bits per heavy atom. The second-order valence-electron chi connectivity index (χ2n) is 2.94. The summed E-state index contributed by atoms with van der Waals surface area (Å²) in [5.41, 5.74) is 1.93. The quantitative estimate of drug-likeness (QED) is 0.589. The van der Waals surface area contributed by atoms with Crippen LogP contribution in [0.5, 0.6) is 0 Å². The molecule has 14 heavy (non-hydrogen) atoms. The maximum absolute atomic E-state index is 10.7. The Morgan fingerprint density at radius 1 is 1.43 bits per heavy atom. The second-order valence-corrected chi connectivity index (χ2v) is 2.94. The van der Waals surface area contributed by atoms with E-state index in [1.807, 2.05) is 13.0 Å². The lowest BCUT2D eigenvalue weighted by Crippen LogP contribution is -2.00. The molecule has 1 aromatic carbocycles. The van der Waals surface area contributed by atoms with Gasteiger partial charge in [-0.3, -0.25) is 0 Å². The molecule has 0 aliphatic rings. The van der Waals surface area contributed by atoms with Crippen LogP contribution in [0.15, 0.2) is 18.2 Å². The van der Waals surface area contributed by atoms with Gasteiger partial charge in [-0.15, -0.1) is 0 Å². The van der Waals surface area contributed by atoms with Gasteiger partial charge in [0.1, 0.15) is 6.61 Å². The number of carboxylic acids is 1. The number of hydrogen-bond donors (Lipinski definition) is 1. The third-order valence-electron chi connectivity index (χ3n) is 1.73. The first-order chi connectivity index (χ1) is 6.63. The average Bonchev–Trinajstić information content (AvgIpc) is 2.14. The lowest BCUT2D eigenvalue weighted by molar-refractivity contribution is -0.282. The Morgan fingerprint density at radius 3 is 2.71 bits per heavy atom. The Balaban J connectivity index is 2.89. The molecule has 0 amide bonds. The molecule has 1 rings (SSSR count). The Hall–Kier alpha value is -1.39. The van der Waals surface area contributed by atoms with Gasteiger partial charge in [0.25, 0.3) is 0 Å². The molecule has 0 aromatic heterocycles. The number of aryl methyl sites for hydroxylation is 1. The van der Waals surface area contributed by atoms with Gasteiger partial charge in [-0.25, -0.2) is 14.6 Å². The summed E-state index contributed by atoms with van der Waals surface area (Å²) in [6.07, 6.45) is 0. The molecule has 1 aromatic rings. The predicted octanol–water partition coefficient (Wildman–Crippen LogP) is 1.77. The minimum atomic E-state index is -0.938. The maximum atomic E-state index is 10.7. The first-order valence-corrected chi connectivity index (χ1v) is 4.13. The maximum Gasteiger partial charge on any atom is 0.335 e. The molecule has 0 fully saturated rings. The third-order valence-corrected chi connectivity index (χ3v) is 1.73. The number of rotatable bonds is 4. The molecule has 4 heteroatoms. The van der Waals surface area contributed by atoms with Crippen LogP contribution in [0.4, 0.5) is 0 Å². The van der Waals surface area contributed by atoms with E-state index in [0.29, 0.717) is 0 Å². The normalized spacial score (nSPS) is 10.1. The Kier molecular flexibility index (Phi) is 3.62. The van der Waals surface area contributed by atoms with Crippen LogP contribution in [0.2, 0.25) is 0 Å². The standard InChI is InChI=1S/C10H12O4/c1-7-3-8(6-14-13-2)5-9(4-7)10(11)12/h3-5H,6H2,1-2H3,(H,11,12). The molecular weight excluding hydrogens is 184 g/mol. The van der Waals surface area contributed by atoms with Crippen LogP contribution in [0.3, 0.4) is 0 Å². The predicted molar refractivity (Wildman–Crippen MR) is 49.9 cm³/mol. The first-order valence-electron chi connectivity index (χ1n) is 4.13. The fourth-order valence-electron chi connectivity index (χ4n) is 1.20. The van der Waals surface area contributed by atoms with Crippen molar-refractivity contribution in [2.45, 2.75) is 13.5 Å². The molecule has 0 heterocycles. The Bertz CT molecular complexity index is 333. The monoisotopic (exact) mass is 196 g/mol. The largest absolute Gasteiger partial charge is 0.478 e. The van der Waals surface area contributed by atoms with Crippen molar-refractivity contribution in [3.8, 4) is 0 Å². The average molecular weight is 196 g/mol. The van der Waals surface area contributed by atoms with Crippen molar-refractivity contribution in [1.82, 2.24) is 0 Å². The minimum Gasteiger partial charge on any atom is -0.478 e. The summed E-state index contributed by atoms with van der Waals surface area (Å²) >= 11 is 0. The van der Waals surface area contributed by atoms with E-state index >= 15 is 0 Å². The van der Waals surface area contributed by atoms with Crippen molar-refractivity contribution in [2.24, 2.45) is 0 Å². The fourth-order valence-corrected chi connectivity index (χ4v) is 1.20. The molecule has 0 aliphatic carbocycles. The number of carboxylic acid groups (broad SMARTS) is 1. The molecule has 0 aliphatic heterocycles. The number of carbonyl (C=O) groups is 1. The lowest BCUT2D eigenvalue weighted by Gasteiger charge is -2.04. The van der Waals surface area contributed by atoms with E-state index in [-0.39, 0.29) is 12.2 Å². The minimum absolute atomic E-state index is 0.248. The number of benzene rings is 1. The lowest BCUT2D eigenvalue weighted by atomic mass is 10.1. The van der Waals surface area contributed by atoms with Crippen LogP contribution < -0.4 is 0 Å². The van der Waals surface area contributed by atoms with Gasteiger partial charge in [0, 0.05) is 0 Å². The highest BCUT2D eigenvalue weighted by molar-refractivity contribution is 5.88. The zero-order chi connectivity index (χ0) is 10.6. The van der Waals surface area contributed by atoms with E-state index in [1.165, 1.54) is 7.11 Å². The van der Waals surface area contributed by atoms with Gasteiger partial charge in [0.15, 0.2) is 0 Å². The summed E-state index contributed by atoms with van der Waals surface area (Å²) in [7, 11) is 1.41. The summed E-state index contributed by atoms with van der Waals surface area (Å²) in [6.45, 7) is 2.08. The summed E-state index contributed by atoms with van der Waals surface area (Å²) in [4.78, 5) is 19.9. The third kappa shape index (κ3) is 2.83. The van der Waals surface area contributed by atoms with Crippen LogP contribution in [-0.2, 0) is 16.4 Å². The van der Waals surface area contributed by atoms with Crippen LogP contribution in [0, 0.1) is 6.92 Å². The number of hydrogen-bond acceptors (Lipinski definition) is 3. The highest BCUT2D eigenvalue weighted by atomic mass is 17.2. The van der Waals surface area contributed by atoms with Gasteiger partial charge in [-0.1, -0.05) is 6.07 Å². The van der Waals surface area contributed by atoms with Crippen molar-refractivity contribution in [3.05, 3.63) is 34.9 Å². The number of aromatic carboxylic acids is 1. The van der Waals surface area contributed by atoms with Crippen LogP contribution in [0.1, 0.15) is 21.5 Å². The smallest absolute Gasteiger partial charge is 0.335 e. The molecule has 0 bridgehead atoms. The van der Waals surface area contributed by atoms with Crippen molar-refractivity contribution >= 4 is 5.97 Å². The highest BCUT2D eigenvalue weighted by Gasteiger charge is 2.05. The Labute approximate surface area is 82.0 Å². The van der Waals surface area contributed by atoms with Gasteiger partial charge in [-0.05, 0) is 30.2 Å². The molecule has 0 spiro atoms. The van der Waals surface area contributed by atoms with E-state index in [1.54, 1.807) is 12.1 Å². The van der Waals surface area contributed by atoms with Crippen molar-refractivity contribution < 1.29 is 19.7 Å². The first kappa shape index (κ1) is 10.7. The van der Waals surface area contributed by atoms with E-state index < -0.39 is 5.97 Å². The summed E-state index contributed by atoms with van der Waals surface area (Å²) < 4.78 is 0. The van der Waals surface area contributed by atoms with Gasteiger partial charge in [0.05, 0.1) is 12.7 Å². The molecule has 4 nitrogen and oxygen atoms in total. The molecule has 1 N–H and O–H groups in total. The van der Waals surface area contributed by atoms with E-state index in [0.717, 1.165) is 11.1 Å².